The van der Waals surface area contributed by atoms with E-state index < -0.39 is 0 Å². The summed E-state index contributed by atoms with van der Waals surface area (Å²) in [5.74, 6) is 1.64. The summed E-state index contributed by atoms with van der Waals surface area (Å²) < 4.78 is 10.9. The van der Waals surface area contributed by atoms with Crippen LogP contribution >= 0.6 is 0 Å². The van der Waals surface area contributed by atoms with Crippen LogP contribution in [0.3, 0.4) is 0 Å². The van der Waals surface area contributed by atoms with Gasteiger partial charge in [0.05, 0.1) is 36.7 Å². The minimum Gasteiger partial charge on any atom is -0.497 e. The van der Waals surface area contributed by atoms with Gasteiger partial charge in [-0.15, -0.1) is 0 Å². The van der Waals surface area contributed by atoms with E-state index in [1.165, 1.54) is 0 Å². The van der Waals surface area contributed by atoms with Crippen molar-refractivity contribution in [3.8, 4) is 22.8 Å². The normalized spacial score (nSPS) is 13.7. The van der Waals surface area contributed by atoms with Gasteiger partial charge in [0.25, 0.3) is 5.91 Å². The average molecular weight is 454 g/mol. The molecule has 0 aliphatic carbocycles. The fraction of sp³-hybridized carbons (Fsp3) is 0.214. The predicted octanol–water partition coefficient (Wildman–Crippen LogP) is 4.88. The predicted molar refractivity (Wildman–Crippen MR) is 135 cm³/mol. The van der Waals surface area contributed by atoms with Crippen molar-refractivity contribution in [1.82, 2.24) is 9.88 Å². The number of carbonyl (C=O) groups excluding carboxylic acids is 1. The molecule has 1 amide bonds. The average Bonchev–Trinajstić information content (AvgIpc) is 2.92. The zero-order valence-electron chi connectivity index (χ0n) is 19.4. The van der Waals surface area contributed by atoms with E-state index in [2.05, 4.69) is 11.0 Å². The molecule has 1 saturated heterocycles. The molecule has 2 heterocycles. The van der Waals surface area contributed by atoms with Crippen molar-refractivity contribution < 1.29 is 14.3 Å². The number of rotatable bonds is 5. The Balaban J connectivity index is 1.44. The van der Waals surface area contributed by atoms with Crippen molar-refractivity contribution >= 4 is 22.5 Å². The standard InChI is InChI=1S/C28H27N3O3/c1-33-21-9-7-8-20(18-21)25-19-23(22-10-3-4-11-24(22)29-25)28(32)31-16-14-30(15-17-31)26-12-5-6-13-27(26)34-2/h3-13,18-19H,14-17H2,1-2H3. The number of nitrogens with zero attached hydrogens (tertiary/aromatic N) is 3. The molecular formula is C28H27N3O3. The lowest BCUT2D eigenvalue weighted by Gasteiger charge is -2.36. The molecule has 4 aromatic rings. The summed E-state index contributed by atoms with van der Waals surface area (Å²) in [6.07, 6.45) is 0. The second-order valence-electron chi connectivity index (χ2n) is 8.26. The first-order valence-corrected chi connectivity index (χ1v) is 11.4. The number of fused-ring (bicyclic) bond motifs is 1. The van der Waals surface area contributed by atoms with Crippen LogP contribution in [-0.2, 0) is 0 Å². The van der Waals surface area contributed by atoms with Gasteiger partial charge in [0, 0.05) is 37.1 Å². The Morgan fingerprint density at radius 2 is 1.59 bits per heavy atom. The molecule has 0 bridgehead atoms. The van der Waals surface area contributed by atoms with Gasteiger partial charge in [-0.05, 0) is 36.4 Å². The van der Waals surface area contributed by atoms with Crippen molar-refractivity contribution in [3.05, 3.63) is 84.4 Å². The van der Waals surface area contributed by atoms with Crippen LogP contribution in [0.4, 0.5) is 5.69 Å². The van der Waals surface area contributed by atoms with Crippen LogP contribution in [0.1, 0.15) is 10.4 Å². The Hall–Kier alpha value is -4.06. The highest BCUT2D eigenvalue weighted by atomic mass is 16.5. The zero-order chi connectivity index (χ0) is 23.5. The van der Waals surface area contributed by atoms with Crippen LogP contribution in [-0.4, -0.2) is 56.2 Å². The monoisotopic (exact) mass is 453 g/mol. The van der Waals surface area contributed by atoms with E-state index in [-0.39, 0.29) is 5.91 Å². The molecule has 0 atom stereocenters. The lowest BCUT2D eigenvalue weighted by Crippen LogP contribution is -2.49. The van der Waals surface area contributed by atoms with E-state index >= 15 is 0 Å². The van der Waals surface area contributed by atoms with Gasteiger partial charge in [-0.3, -0.25) is 4.79 Å². The van der Waals surface area contributed by atoms with Crippen LogP contribution in [0.2, 0.25) is 0 Å². The van der Waals surface area contributed by atoms with Gasteiger partial charge in [0.2, 0.25) is 0 Å². The molecule has 1 aliphatic heterocycles. The van der Waals surface area contributed by atoms with Gasteiger partial charge in [-0.25, -0.2) is 4.98 Å². The maximum Gasteiger partial charge on any atom is 0.254 e. The Morgan fingerprint density at radius 3 is 2.38 bits per heavy atom. The summed E-state index contributed by atoms with van der Waals surface area (Å²) in [6.45, 7) is 2.78. The molecule has 0 spiro atoms. The number of ether oxygens (including phenoxy) is 2. The molecule has 0 N–H and O–H groups in total. The topological polar surface area (TPSA) is 54.9 Å². The van der Waals surface area contributed by atoms with E-state index in [0.717, 1.165) is 52.4 Å². The molecule has 172 valence electrons. The second-order valence-corrected chi connectivity index (χ2v) is 8.26. The summed E-state index contributed by atoms with van der Waals surface area (Å²) in [7, 11) is 3.33. The SMILES string of the molecule is COc1cccc(-c2cc(C(=O)N3CCN(c4ccccc4OC)CC3)c3ccccc3n2)c1. The van der Waals surface area contributed by atoms with Crippen molar-refractivity contribution in [2.45, 2.75) is 0 Å². The van der Waals surface area contributed by atoms with Gasteiger partial charge in [0.15, 0.2) is 0 Å². The summed E-state index contributed by atoms with van der Waals surface area (Å²) in [5, 5.41) is 0.867. The van der Waals surface area contributed by atoms with Gasteiger partial charge < -0.3 is 19.3 Å². The smallest absolute Gasteiger partial charge is 0.254 e. The number of hydrogen-bond acceptors (Lipinski definition) is 5. The van der Waals surface area contributed by atoms with Crippen molar-refractivity contribution in [2.75, 3.05) is 45.3 Å². The minimum absolute atomic E-state index is 0.0300. The molecule has 1 aliphatic rings. The maximum atomic E-state index is 13.7. The Bertz CT molecular complexity index is 1330. The molecule has 0 unspecified atom stereocenters. The van der Waals surface area contributed by atoms with Crippen LogP contribution in [0.5, 0.6) is 11.5 Å². The number of carbonyl (C=O) groups is 1. The molecule has 5 rings (SSSR count). The van der Waals surface area contributed by atoms with E-state index in [9.17, 15) is 4.79 Å². The van der Waals surface area contributed by atoms with Gasteiger partial charge >= 0.3 is 0 Å². The lowest BCUT2D eigenvalue weighted by molar-refractivity contribution is 0.0748. The first-order chi connectivity index (χ1) is 16.7. The molecule has 34 heavy (non-hydrogen) atoms. The molecule has 3 aromatic carbocycles. The first kappa shape index (κ1) is 21.8. The number of aromatic nitrogens is 1. The summed E-state index contributed by atoms with van der Waals surface area (Å²) >= 11 is 0. The highest BCUT2D eigenvalue weighted by Gasteiger charge is 2.25. The fourth-order valence-corrected chi connectivity index (χ4v) is 4.49. The quantitative estimate of drug-likeness (QED) is 0.431. The van der Waals surface area contributed by atoms with Gasteiger partial charge in [-0.2, -0.15) is 0 Å². The van der Waals surface area contributed by atoms with E-state index in [1.807, 2.05) is 77.7 Å². The molecule has 6 nitrogen and oxygen atoms in total. The molecular weight excluding hydrogens is 426 g/mol. The number of para-hydroxylation sites is 3. The summed E-state index contributed by atoms with van der Waals surface area (Å²) in [5.41, 5.74) is 4.22. The minimum atomic E-state index is 0.0300. The highest BCUT2D eigenvalue weighted by Crippen LogP contribution is 2.30. The van der Waals surface area contributed by atoms with Crippen molar-refractivity contribution in [2.24, 2.45) is 0 Å². The van der Waals surface area contributed by atoms with E-state index in [1.54, 1.807) is 14.2 Å². The summed E-state index contributed by atoms with van der Waals surface area (Å²) in [6, 6.07) is 25.5. The van der Waals surface area contributed by atoms with Crippen LogP contribution in [0.25, 0.3) is 22.2 Å². The third kappa shape index (κ3) is 4.15. The van der Waals surface area contributed by atoms with Crippen LogP contribution in [0, 0.1) is 0 Å². The first-order valence-electron chi connectivity index (χ1n) is 11.4. The Labute approximate surface area is 199 Å². The maximum absolute atomic E-state index is 13.7. The zero-order valence-corrected chi connectivity index (χ0v) is 19.4. The molecule has 6 heteroatoms. The Kier molecular flexibility index (Phi) is 6.04. The number of benzene rings is 3. The molecule has 1 fully saturated rings. The largest absolute Gasteiger partial charge is 0.497 e. The number of methoxy groups -OCH3 is 2. The third-order valence-electron chi connectivity index (χ3n) is 6.30. The van der Waals surface area contributed by atoms with Gasteiger partial charge in [-0.1, -0.05) is 42.5 Å². The molecule has 0 radical (unpaired) electrons. The highest BCUT2D eigenvalue weighted by molar-refractivity contribution is 6.07. The van der Waals surface area contributed by atoms with Crippen LogP contribution in [0.15, 0.2) is 78.9 Å². The fourth-order valence-electron chi connectivity index (χ4n) is 4.49. The number of amides is 1. The van der Waals surface area contributed by atoms with E-state index in [4.69, 9.17) is 14.5 Å². The number of pyridine rings is 1. The second kappa shape index (κ2) is 9.43. The number of hydrogen-bond donors (Lipinski definition) is 0. The van der Waals surface area contributed by atoms with Crippen molar-refractivity contribution in [3.63, 3.8) is 0 Å². The molecule has 0 saturated carbocycles. The van der Waals surface area contributed by atoms with Gasteiger partial charge in [0.1, 0.15) is 11.5 Å². The summed E-state index contributed by atoms with van der Waals surface area (Å²) in [4.78, 5) is 22.8. The van der Waals surface area contributed by atoms with E-state index in [0.29, 0.717) is 18.7 Å². The number of anilines is 1. The van der Waals surface area contributed by atoms with Crippen LogP contribution < -0.4 is 14.4 Å². The third-order valence-corrected chi connectivity index (χ3v) is 6.30. The number of piperazine rings is 1. The Morgan fingerprint density at radius 1 is 0.824 bits per heavy atom. The van der Waals surface area contributed by atoms with Crippen molar-refractivity contribution in [1.29, 1.82) is 0 Å². The lowest BCUT2D eigenvalue weighted by atomic mass is 10.0. The molecule has 1 aromatic heterocycles.